The number of hydrogen-bond donors (Lipinski definition) is 0. The molecule has 1 aromatic rings. The molecule has 8 nitrogen and oxygen atoms in total. The summed E-state index contributed by atoms with van der Waals surface area (Å²) in [6.07, 6.45) is 0.673. The normalized spacial score (nSPS) is 21.6. The number of ether oxygens (including phenoxy) is 4. The van der Waals surface area contributed by atoms with Gasteiger partial charge in [-0.05, 0) is 24.1 Å². The SMILES string of the molecule is CCC12COC(=O)N1CCN(C(=O)Cc1cc(OC)c(OC)c(OC)c1)C2. The van der Waals surface area contributed by atoms with Crippen LogP contribution in [0.2, 0.25) is 0 Å². The second-order valence-corrected chi connectivity index (χ2v) is 6.81. The number of rotatable bonds is 6. The summed E-state index contributed by atoms with van der Waals surface area (Å²) in [5.74, 6) is 1.53. The standard InChI is InChI=1S/C19H26N2O6/c1-5-19-11-20(6-7-21(19)18(23)27-12-19)16(22)10-13-8-14(24-2)17(26-4)15(9-13)25-3/h8-9H,5-7,10-12H2,1-4H3. The Labute approximate surface area is 158 Å². The largest absolute Gasteiger partial charge is 0.493 e. The molecular weight excluding hydrogens is 352 g/mol. The van der Waals surface area contributed by atoms with Crippen LogP contribution in [0.15, 0.2) is 12.1 Å². The van der Waals surface area contributed by atoms with E-state index in [1.807, 2.05) is 11.8 Å². The van der Waals surface area contributed by atoms with Gasteiger partial charge in [-0.3, -0.25) is 9.69 Å². The third kappa shape index (κ3) is 3.36. The topological polar surface area (TPSA) is 77.5 Å². The van der Waals surface area contributed by atoms with Crippen LogP contribution in [0.25, 0.3) is 0 Å². The predicted molar refractivity (Wildman–Crippen MR) is 97.5 cm³/mol. The van der Waals surface area contributed by atoms with Gasteiger partial charge in [0.2, 0.25) is 11.7 Å². The molecule has 8 heteroatoms. The molecule has 1 atom stereocenters. The maximum atomic E-state index is 12.9. The molecule has 0 bridgehead atoms. The zero-order valence-corrected chi connectivity index (χ0v) is 16.2. The smallest absolute Gasteiger partial charge is 0.410 e. The third-order valence-corrected chi connectivity index (χ3v) is 5.43. The van der Waals surface area contributed by atoms with Crippen molar-refractivity contribution < 1.29 is 28.5 Å². The lowest BCUT2D eigenvalue weighted by molar-refractivity contribution is -0.134. The molecule has 0 aliphatic carbocycles. The lowest BCUT2D eigenvalue weighted by Crippen LogP contribution is -2.62. The Morgan fingerprint density at radius 2 is 1.81 bits per heavy atom. The lowest BCUT2D eigenvalue weighted by Gasteiger charge is -2.44. The fraction of sp³-hybridized carbons (Fsp3) is 0.579. The molecule has 2 heterocycles. The first-order chi connectivity index (χ1) is 13.0. The Hall–Kier alpha value is -2.64. The number of methoxy groups -OCH3 is 3. The van der Waals surface area contributed by atoms with Crippen LogP contribution in [0.5, 0.6) is 17.2 Å². The zero-order chi connectivity index (χ0) is 19.6. The van der Waals surface area contributed by atoms with Gasteiger partial charge in [0, 0.05) is 19.6 Å². The minimum absolute atomic E-state index is 0.00361. The number of carbonyl (C=O) groups is 2. The molecule has 0 N–H and O–H groups in total. The Balaban J connectivity index is 1.77. The van der Waals surface area contributed by atoms with E-state index < -0.39 is 5.54 Å². The van der Waals surface area contributed by atoms with Crippen molar-refractivity contribution in [1.82, 2.24) is 9.80 Å². The Kier molecular flexibility index (Phi) is 5.34. The highest BCUT2D eigenvalue weighted by molar-refractivity contribution is 5.80. The number of hydrogen-bond acceptors (Lipinski definition) is 6. The first-order valence-electron chi connectivity index (χ1n) is 8.99. The van der Waals surface area contributed by atoms with Gasteiger partial charge in [-0.2, -0.15) is 0 Å². The summed E-state index contributed by atoms with van der Waals surface area (Å²) in [6.45, 7) is 3.82. The van der Waals surface area contributed by atoms with Gasteiger partial charge in [0.05, 0.1) is 33.3 Å². The average Bonchev–Trinajstić information content (AvgIpc) is 3.03. The van der Waals surface area contributed by atoms with Crippen LogP contribution < -0.4 is 14.2 Å². The van der Waals surface area contributed by atoms with Gasteiger partial charge in [0.1, 0.15) is 6.61 Å². The first-order valence-corrected chi connectivity index (χ1v) is 8.99. The van der Waals surface area contributed by atoms with Gasteiger partial charge in [-0.1, -0.05) is 6.92 Å². The van der Waals surface area contributed by atoms with Crippen LogP contribution in [0.1, 0.15) is 18.9 Å². The second-order valence-electron chi connectivity index (χ2n) is 6.81. The van der Waals surface area contributed by atoms with Crippen LogP contribution in [0, 0.1) is 0 Å². The van der Waals surface area contributed by atoms with Gasteiger partial charge >= 0.3 is 6.09 Å². The van der Waals surface area contributed by atoms with E-state index in [0.717, 1.165) is 12.0 Å². The summed E-state index contributed by atoms with van der Waals surface area (Å²) in [4.78, 5) is 28.4. The highest BCUT2D eigenvalue weighted by Crippen LogP contribution is 2.38. The summed E-state index contributed by atoms with van der Waals surface area (Å²) in [5, 5.41) is 0. The molecule has 2 aliphatic rings. The molecule has 3 rings (SSSR count). The van der Waals surface area contributed by atoms with Crippen LogP contribution in [-0.2, 0) is 16.0 Å². The van der Waals surface area contributed by atoms with Crippen molar-refractivity contribution >= 4 is 12.0 Å². The summed E-state index contributed by atoms with van der Waals surface area (Å²) in [7, 11) is 4.63. The Morgan fingerprint density at radius 3 is 2.37 bits per heavy atom. The fourth-order valence-corrected chi connectivity index (χ4v) is 3.80. The molecule has 1 aromatic carbocycles. The van der Waals surface area contributed by atoms with E-state index in [2.05, 4.69) is 0 Å². The van der Waals surface area contributed by atoms with E-state index in [-0.39, 0.29) is 18.4 Å². The van der Waals surface area contributed by atoms with Crippen molar-refractivity contribution in [3.05, 3.63) is 17.7 Å². The molecule has 0 saturated carbocycles. The van der Waals surface area contributed by atoms with Gasteiger partial charge < -0.3 is 23.8 Å². The molecule has 2 aliphatic heterocycles. The number of carbonyl (C=O) groups excluding carboxylic acids is 2. The van der Waals surface area contributed by atoms with Gasteiger partial charge in [0.25, 0.3) is 0 Å². The van der Waals surface area contributed by atoms with E-state index in [9.17, 15) is 9.59 Å². The molecule has 2 saturated heterocycles. The van der Waals surface area contributed by atoms with Crippen LogP contribution in [0.4, 0.5) is 4.79 Å². The average molecular weight is 378 g/mol. The number of amides is 2. The summed E-state index contributed by atoms with van der Waals surface area (Å²) < 4.78 is 21.3. The summed E-state index contributed by atoms with van der Waals surface area (Å²) >= 11 is 0. The highest BCUT2D eigenvalue weighted by atomic mass is 16.6. The third-order valence-electron chi connectivity index (χ3n) is 5.43. The number of nitrogens with zero attached hydrogens (tertiary/aromatic N) is 2. The molecular formula is C19H26N2O6. The summed E-state index contributed by atoms with van der Waals surface area (Å²) in [5.41, 5.74) is 0.363. The zero-order valence-electron chi connectivity index (χ0n) is 16.2. The maximum Gasteiger partial charge on any atom is 0.410 e. The summed E-state index contributed by atoms with van der Waals surface area (Å²) in [6, 6.07) is 3.57. The lowest BCUT2D eigenvalue weighted by atomic mass is 9.92. The van der Waals surface area contributed by atoms with Gasteiger partial charge in [0.15, 0.2) is 11.5 Å². The van der Waals surface area contributed by atoms with E-state index in [4.69, 9.17) is 18.9 Å². The Morgan fingerprint density at radius 1 is 1.15 bits per heavy atom. The van der Waals surface area contributed by atoms with Gasteiger partial charge in [-0.15, -0.1) is 0 Å². The molecule has 2 amide bonds. The van der Waals surface area contributed by atoms with E-state index in [0.29, 0.717) is 43.5 Å². The molecule has 0 aromatic heterocycles. The van der Waals surface area contributed by atoms with Crippen molar-refractivity contribution in [2.45, 2.75) is 25.3 Å². The molecule has 27 heavy (non-hydrogen) atoms. The van der Waals surface area contributed by atoms with E-state index >= 15 is 0 Å². The van der Waals surface area contributed by atoms with Crippen molar-refractivity contribution in [2.24, 2.45) is 0 Å². The van der Waals surface area contributed by atoms with Crippen molar-refractivity contribution in [2.75, 3.05) is 47.6 Å². The second kappa shape index (κ2) is 7.54. The number of benzene rings is 1. The monoisotopic (exact) mass is 378 g/mol. The predicted octanol–water partition coefficient (Wildman–Crippen LogP) is 1.70. The molecule has 0 radical (unpaired) electrons. The number of cyclic esters (lactones) is 1. The van der Waals surface area contributed by atoms with Crippen molar-refractivity contribution in [3.8, 4) is 17.2 Å². The number of fused-ring (bicyclic) bond motifs is 1. The molecule has 0 spiro atoms. The maximum absolute atomic E-state index is 12.9. The van der Waals surface area contributed by atoms with Crippen molar-refractivity contribution in [3.63, 3.8) is 0 Å². The fourth-order valence-electron chi connectivity index (χ4n) is 3.80. The van der Waals surface area contributed by atoms with Crippen molar-refractivity contribution in [1.29, 1.82) is 0 Å². The molecule has 1 unspecified atom stereocenters. The minimum atomic E-state index is -0.416. The van der Waals surface area contributed by atoms with Gasteiger partial charge in [-0.25, -0.2) is 4.79 Å². The minimum Gasteiger partial charge on any atom is -0.493 e. The molecule has 148 valence electrons. The molecule has 2 fully saturated rings. The van der Waals surface area contributed by atoms with E-state index in [1.54, 1.807) is 38.4 Å². The number of piperazine rings is 1. The first kappa shape index (κ1) is 19.1. The van der Waals surface area contributed by atoms with Crippen LogP contribution in [-0.4, -0.2) is 74.9 Å². The quantitative estimate of drug-likeness (QED) is 0.750. The van der Waals surface area contributed by atoms with Crippen LogP contribution in [0.3, 0.4) is 0 Å². The highest BCUT2D eigenvalue weighted by Gasteiger charge is 2.50. The van der Waals surface area contributed by atoms with E-state index in [1.165, 1.54) is 0 Å². The Bertz CT molecular complexity index is 712. The van der Waals surface area contributed by atoms with Crippen LogP contribution >= 0.6 is 0 Å².